The molecule has 2 aromatic rings. The number of Topliss-reactive ketones (excluding diaryl/α,β-unsaturated/α-hetero) is 1. The minimum absolute atomic E-state index is 0.00889. The number of aliphatic hydroxyl groups is 2. The smallest absolute Gasteiger partial charge is 0.337 e. The van der Waals surface area contributed by atoms with Gasteiger partial charge in [0.25, 0.3) is 17.4 Å². The topological polar surface area (TPSA) is 157 Å². The van der Waals surface area contributed by atoms with E-state index < -0.39 is 34.4 Å². The normalized spacial score (nSPS) is 17.1. The average Bonchev–Trinajstić information content (AvgIpc) is 3.10. The standard InChI is InChI=1S/C23H22N2O9/c1-33-23(30)16-4-2-14(3-5-16)19-18(20(27)15-6-8-17(9-7-15)25(31)32)21(28)22(29)24(19)10-12-34-13-11-26/h2-9,19,26-27H,10-13H2,1H3/b20-18+/t19-/m1/s1. The van der Waals surface area contributed by atoms with Crippen molar-refractivity contribution in [3.05, 3.63) is 80.9 Å². The first kappa shape index (κ1) is 24.6. The molecule has 1 aliphatic rings. The molecule has 178 valence electrons. The second-order valence-electron chi connectivity index (χ2n) is 7.25. The molecule has 0 spiro atoms. The van der Waals surface area contributed by atoms with E-state index in [1.807, 2.05) is 0 Å². The third kappa shape index (κ3) is 4.95. The van der Waals surface area contributed by atoms with Gasteiger partial charge in [-0.15, -0.1) is 0 Å². The molecule has 0 aliphatic carbocycles. The van der Waals surface area contributed by atoms with Gasteiger partial charge in [0.05, 0.1) is 49.0 Å². The summed E-state index contributed by atoms with van der Waals surface area (Å²) in [7, 11) is 1.24. The van der Waals surface area contributed by atoms with Crippen LogP contribution in [0.2, 0.25) is 0 Å². The number of methoxy groups -OCH3 is 1. The van der Waals surface area contributed by atoms with Crippen LogP contribution in [0, 0.1) is 10.1 Å². The number of aliphatic hydroxyl groups excluding tert-OH is 2. The molecular formula is C23H22N2O9. The van der Waals surface area contributed by atoms with E-state index in [0.29, 0.717) is 5.56 Å². The molecule has 1 aliphatic heterocycles. The number of carbonyl (C=O) groups is 3. The Hall–Kier alpha value is -4.09. The summed E-state index contributed by atoms with van der Waals surface area (Å²) < 4.78 is 9.92. The maximum atomic E-state index is 12.9. The monoisotopic (exact) mass is 470 g/mol. The van der Waals surface area contributed by atoms with Crippen molar-refractivity contribution in [2.45, 2.75) is 6.04 Å². The minimum Gasteiger partial charge on any atom is -0.507 e. The minimum atomic E-state index is -1.00. The van der Waals surface area contributed by atoms with Gasteiger partial charge in [-0.3, -0.25) is 19.7 Å². The highest BCUT2D eigenvalue weighted by atomic mass is 16.6. The molecule has 2 N–H and O–H groups in total. The number of amides is 1. The molecule has 11 nitrogen and oxygen atoms in total. The number of benzene rings is 2. The number of nitrogens with zero attached hydrogens (tertiary/aromatic N) is 2. The van der Waals surface area contributed by atoms with Gasteiger partial charge in [0, 0.05) is 24.2 Å². The molecule has 0 bridgehead atoms. The summed E-state index contributed by atoms with van der Waals surface area (Å²) in [6.07, 6.45) is 0. The number of esters is 1. The second-order valence-corrected chi connectivity index (χ2v) is 7.25. The number of likely N-dealkylation sites (tertiary alicyclic amines) is 1. The molecule has 11 heteroatoms. The van der Waals surface area contributed by atoms with Crippen LogP contribution >= 0.6 is 0 Å². The van der Waals surface area contributed by atoms with Crippen molar-refractivity contribution in [3.8, 4) is 0 Å². The lowest BCUT2D eigenvalue weighted by atomic mass is 9.94. The van der Waals surface area contributed by atoms with Crippen molar-refractivity contribution in [2.75, 3.05) is 33.5 Å². The van der Waals surface area contributed by atoms with Gasteiger partial charge in [0.2, 0.25) is 0 Å². The Morgan fingerprint density at radius 2 is 1.68 bits per heavy atom. The van der Waals surface area contributed by atoms with Crippen LogP contribution in [-0.2, 0) is 19.1 Å². The molecule has 0 radical (unpaired) electrons. The number of non-ortho nitro benzene ring substituents is 1. The van der Waals surface area contributed by atoms with Gasteiger partial charge in [-0.1, -0.05) is 12.1 Å². The van der Waals surface area contributed by atoms with Crippen molar-refractivity contribution < 1.29 is 39.0 Å². The Balaban J connectivity index is 2.06. The Bertz CT molecular complexity index is 1120. The number of hydrogen-bond acceptors (Lipinski definition) is 9. The number of hydrogen-bond donors (Lipinski definition) is 2. The van der Waals surface area contributed by atoms with E-state index in [0.717, 1.165) is 0 Å². The zero-order valence-corrected chi connectivity index (χ0v) is 18.2. The molecule has 0 saturated carbocycles. The molecule has 34 heavy (non-hydrogen) atoms. The van der Waals surface area contributed by atoms with Crippen LogP contribution in [-0.4, -0.2) is 71.2 Å². The first-order chi connectivity index (χ1) is 16.3. The Labute approximate surface area is 194 Å². The van der Waals surface area contributed by atoms with Crippen molar-refractivity contribution in [1.82, 2.24) is 4.90 Å². The third-order valence-corrected chi connectivity index (χ3v) is 5.25. The number of carbonyl (C=O) groups excluding carboxylic acids is 3. The number of ether oxygens (including phenoxy) is 2. The van der Waals surface area contributed by atoms with Gasteiger partial charge in [-0.25, -0.2) is 4.79 Å². The van der Waals surface area contributed by atoms with Crippen LogP contribution in [0.5, 0.6) is 0 Å². The zero-order chi connectivity index (χ0) is 24.8. The van der Waals surface area contributed by atoms with Gasteiger partial charge in [0.15, 0.2) is 0 Å². The number of nitro groups is 1. The maximum Gasteiger partial charge on any atom is 0.337 e. The van der Waals surface area contributed by atoms with Crippen LogP contribution in [0.4, 0.5) is 5.69 Å². The Morgan fingerprint density at radius 3 is 2.24 bits per heavy atom. The first-order valence-corrected chi connectivity index (χ1v) is 10.2. The zero-order valence-electron chi connectivity index (χ0n) is 18.2. The first-order valence-electron chi connectivity index (χ1n) is 10.2. The fourth-order valence-corrected chi connectivity index (χ4v) is 3.60. The lowest BCUT2D eigenvalue weighted by molar-refractivity contribution is -0.384. The molecule has 3 rings (SSSR count). The van der Waals surface area contributed by atoms with Crippen molar-refractivity contribution in [1.29, 1.82) is 0 Å². The van der Waals surface area contributed by atoms with E-state index in [1.54, 1.807) is 0 Å². The van der Waals surface area contributed by atoms with Gasteiger partial charge >= 0.3 is 5.97 Å². The fraction of sp³-hybridized carbons (Fsp3) is 0.261. The maximum absolute atomic E-state index is 12.9. The average molecular weight is 470 g/mol. The molecule has 1 atom stereocenters. The van der Waals surface area contributed by atoms with E-state index >= 15 is 0 Å². The van der Waals surface area contributed by atoms with Crippen molar-refractivity contribution >= 4 is 29.1 Å². The van der Waals surface area contributed by atoms with Crippen molar-refractivity contribution in [3.63, 3.8) is 0 Å². The molecule has 2 aromatic carbocycles. The van der Waals surface area contributed by atoms with E-state index in [9.17, 15) is 29.6 Å². The van der Waals surface area contributed by atoms with Crippen molar-refractivity contribution in [2.24, 2.45) is 0 Å². The summed E-state index contributed by atoms with van der Waals surface area (Å²) in [5.74, 6) is -2.85. The van der Waals surface area contributed by atoms with Gasteiger partial charge in [-0.2, -0.15) is 0 Å². The molecule has 1 fully saturated rings. The summed E-state index contributed by atoms with van der Waals surface area (Å²) >= 11 is 0. The van der Waals surface area contributed by atoms with Crippen LogP contribution in [0.15, 0.2) is 54.1 Å². The van der Waals surface area contributed by atoms with E-state index in [2.05, 4.69) is 4.74 Å². The molecule has 1 amide bonds. The van der Waals surface area contributed by atoms with Gasteiger partial charge in [0.1, 0.15) is 5.76 Å². The molecule has 0 aromatic heterocycles. The summed E-state index contributed by atoms with van der Waals surface area (Å²) in [6, 6.07) is 9.92. The van der Waals surface area contributed by atoms with Crippen LogP contribution in [0.25, 0.3) is 5.76 Å². The summed E-state index contributed by atoms with van der Waals surface area (Å²) in [6.45, 7) is -0.143. The number of ketones is 1. The SMILES string of the molecule is COC(=O)c1ccc([C@@H]2/C(=C(\O)c3ccc([N+](=O)[O-])cc3)C(=O)C(=O)N2CCOCCO)cc1. The second kappa shape index (κ2) is 10.7. The molecule has 1 saturated heterocycles. The summed E-state index contributed by atoms with van der Waals surface area (Å²) in [4.78, 5) is 49.1. The van der Waals surface area contributed by atoms with E-state index in [1.165, 1.54) is 60.5 Å². The number of rotatable bonds is 9. The van der Waals surface area contributed by atoms with E-state index in [4.69, 9.17) is 9.84 Å². The van der Waals surface area contributed by atoms with Crippen LogP contribution < -0.4 is 0 Å². The highest BCUT2D eigenvalue weighted by Crippen LogP contribution is 2.39. The lowest BCUT2D eigenvalue weighted by Crippen LogP contribution is -2.33. The lowest BCUT2D eigenvalue weighted by Gasteiger charge is -2.25. The Morgan fingerprint density at radius 1 is 1.06 bits per heavy atom. The quantitative estimate of drug-likeness (QED) is 0.106. The number of nitro benzene ring substituents is 1. The van der Waals surface area contributed by atoms with Crippen LogP contribution in [0.3, 0.4) is 0 Å². The van der Waals surface area contributed by atoms with Crippen LogP contribution in [0.1, 0.15) is 27.5 Å². The molecule has 1 heterocycles. The van der Waals surface area contributed by atoms with Gasteiger partial charge in [-0.05, 0) is 29.8 Å². The molecular weight excluding hydrogens is 448 g/mol. The van der Waals surface area contributed by atoms with E-state index in [-0.39, 0.29) is 48.8 Å². The summed E-state index contributed by atoms with van der Waals surface area (Å²) in [5.41, 5.74) is 0.415. The highest BCUT2D eigenvalue weighted by molar-refractivity contribution is 6.46. The largest absolute Gasteiger partial charge is 0.507 e. The Kier molecular flexibility index (Phi) is 7.71. The van der Waals surface area contributed by atoms with Gasteiger partial charge < -0.3 is 24.6 Å². The third-order valence-electron chi connectivity index (χ3n) is 5.25. The predicted molar refractivity (Wildman–Crippen MR) is 118 cm³/mol. The predicted octanol–water partition coefficient (Wildman–Crippen LogP) is 1.81. The fourth-order valence-electron chi connectivity index (χ4n) is 3.60. The summed E-state index contributed by atoms with van der Waals surface area (Å²) in [5, 5.41) is 30.8. The molecule has 0 unspecified atom stereocenters. The highest BCUT2D eigenvalue weighted by Gasteiger charge is 2.45.